The molecule has 5 rings (SSSR count). The maximum Gasteiger partial charge on any atom is 0.101 e. The van der Waals surface area contributed by atoms with Crippen LogP contribution in [-0.2, 0) is 0 Å². The lowest BCUT2D eigenvalue weighted by molar-refractivity contribution is 0.355. The fraction of sp³-hybridized carbons (Fsp3) is 0.528. The van der Waals surface area contributed by atoms with E-state index in [0.29, 0.717) is 6.54 Å². The fourth-order valence-corrected chi connectivity index (χ4v) is 4.40. The van der Waals surface area contributed by atoms with Crippen LogP contribution in [0.4, 0.5) is 5.69 Å². The molecule has 0 aromatic heterocycles. The number of allylic oxidation sites excluding steroid dienone is 1. The van der Waals surface area contributed by atoms with Crippen LogP contribution in [0.15, 0.2) is 78.6 Å². The second-order valence-electron chi connectivity index (χ2n) is 10.1. The van der Waals surface area contributed by atoms with Gasteiger partial charge in [0.25, 0.3) is 0 Å². The molecule has 0 atom stereocenters. The van der Waals surface area contributed by atoms with Gasteiger partial charge < -0.3 is 21.3 Å². The third-order valence-corrected chi connectivity index (χ3v) is 7.01. The molecule has 2 aromatic carbocycles. The number of nitrogens with one attached hydrogen (secondary N) is 2. The number of hydrogen-bond acceptors (Lipinski definition) is 4. The van der Waals surface area contributed by atoms with Gasteiger partial charge in [0, 0.05) is 38.1 Å². The van der Waals surface area contributed by atoms with Gasteiger partial charge in [-0.05, 0) is 94.0 Å². The number of nitrogens with zero attached hydrogens (tertiary/aromatic N) is 2. The van der Waals surface area contributed by atoms with Gasteiger partial charge in [-0.3, -0.25) is 0 Å². The van der Waals surface area contributed by atoms with Gasteiger partial charge in [-0.1, -0.05) is 69.7 Å². The maximum atomic E-state index is 5.69. The second-order valence-corrected chi connectivity index (χ2v) is 10.1. The zero-order valence-electron chi connectivity index (χ0n) is 27.0. The van der Waals surface area contributed by atoms with Gasteiger partial charge in [-0.15, -0.1) is 13.2 Å². The standard InChI is InChI=1S/C20H31N5.C10H12.2C2H6.C2H4/c1-16(25-13-11-22-12-14-25)24-20(3-2-10-21)15-23-19-8-6-18(7-9-19)17-4-5-17;1-8-2-4-9(5-3-8)10-6-7-10;3*1-2/h6-9,15,17,22-23H,2-5,10-14,21H2,1H3;2-5,10H,6-7H2,1H3;2*1-2H3;1-2H2/b20-15-,24-16?;;;;. The summed E-state index contributed by atoms with van der Waals surface area (Å²) < 4.78 is 0. The number of aliphatic imine (C=N–C) groups is 1. The van der Waals surface area contributed by atoms with Crippen molar-refractivity contribution >= 4 is 11.5 Å². The van der Waals surface area contributed by atoms with Gasteiger partial charge in [-0.25, -0.2) is 4.99 Å². The highest BCUT2D eigenvalue weighted by Gasteiger charge is 2.23. The summed E-state index contributed by atoms with van der Waals surface area (Å²) in [4.78, 5) is 7.21. The number of benzene rings is 2. The summed E-state index contributed by atoms with van der Waals surface area (Å²) in [6.07, 6.45) is 9.38. The number of nitrogens with two attached hydrogens (primary N) is 1. The van der Waals surface area contributed by atoms with E-state index in [1.54, 1.807) is 0 Å². The normalized spacial score (nSPS) is 16.3. The molecule has 2 aromatic rings. The van der Waals surface area contributed by atoms with E-state index in [0.717, 1.165) is 68.1 Å². The van der Waals surface area contributed by atoms with E-state index >= 15 is 0 Å². The molecule has 0 radical (unpaired) electrons. The highest BCUT2D eigenvalue weighted by atomic mass is 15.2. The number of rotatable bonds is 8. The first-order valence-corrected chi connectivity index (χ1v) is 16.0. The minimum Gasteiger partial charge on any atom is -0.360 e. The number of hydrogen-bond donors (Lipinski definition) is 3. The first-order valence-electron chi connectivity index (χ1n) is 16.0. The Kier molecular flexibility index (Phi) is 19.2. The zero-order chi connectivity index (χ0) is 30.5. The summed E-state index contributed by atoms with van der Waals surface area (Å²) in [5.41, 5.74) is 12.2. The van der Waals surface area contributed by atoms with Gasteiger partial charge >= 0.3 is 0 Å². The monoisotopic (exact) mass is 561 g/mol. The lowest BCUT2D eigenvalue weighted by Crippen LogP contribution is -2.45. The molecule has 0 spiro atoms. The molecule has 1 heterocycles. The Morgan fingerprint density at radius 3 is 1.85 bits per heavy atom. The Morgan fingerprint density at radius 1 is 0.902 bits per heavy atom. The summed E-state index contributed by atoms with van der Waals surface area (Å²) >= 11 is 0. The third-order valence-electron chi connectivity index (χ3n) is 7.01. The van der Waals surface area contributed by atoms with Crippen molar-refractivity contribution < 1.29 is 0 Å². The molecule has 0 amide bonds. The van der Waals surface area contributed by atoms with Gasteiger partial charge in [-0.2, -0.15) is 0 Å². The smallest absolute Gasteiger partial charge is 0.101 e. The Hall–Kier alpha value is -2.89. The highest BCUT2D eigenvalue weighted by molar-refractivity contribution is 5.81. The van der Waals surface area contributed by atoms with Crippen molar-refractivity contribution in [1.29, 1.82) is 0 Å². The predicted octanol–water partition coefficient (Wildman–Crippen LogP) is 8.61. The molecule has 5 heteroatoms. The van der Waals surface area contributed by atoms with Crippen molar-refractivity contribution in [2.75, 3.05) is 38.0 Å². The van der Waals surface area contributed by atoms with E-state index in [4.69, 9.17) is 10.7 Å². The summed E-state index contributed by atoms with van der Waals surface area (Å²) in [7, 11) is 0. The molecule has 0 unspecified atom stereocenters. The quantitative estimate of drug-likeness (QED) is 0.171. The molecule has 1 aliphatic heterocycles. The van der Waals surface area contributed by atoms with E-state index in [1.807, 2.05) is 33.9 Å². The van der Waals surface area contributed by atoms with Crippen LogP contribution in [0.3, 0.4) is 0 Å². The molecule has 3 aliphatic rings. The van der Waals surface area contributed by atoms with E-state index in [2.05, 4.69) is 91.1 Å². The summed E-state index contributed by atoms with van der Waals surface area (Å²) in [5, 5.41) is 6.79. The predicted molar refractivity (Wildman–Crippen MR) is 183 cm³/mol. The SMILES string of the molecule is C=C.CC.CC.CC(=N/C(=C\Nc1ccc(C2CC2)cc1)CCCN)N1CCNCC1.Cc1ccc(C2CC2)cc1. The largest absolute Gasteiger partial charge is 0.360 e. The summed E-state index contributed by atoms with van der Waals surface area (Å²) in [6, 6.07) is 17.7. The van der Waals surface area contributed by atoms with E-state index < -0.39 is 0 Å². The lowest BCUT2D eigenvalue weighted by atomic mass is 10.1. The molecule has 0 bridgehead atoms. The van der Waals surface area contributed by atoms with Gasteiger partial charge in [0.1, 0.15) is 5.84 Å². The molecule has 41 heavy (non-hydrogen) atoms. The average Bonchev–Trinajstić information content (AvgIpc) is 3.97. The maximum absolute atomic E-state index is 5.69. The van der Waals surface area contributed by atoms with Crippen molar-refractivity contribution in [3.8, 4) is 0 Å². The number of aryl methyl sites for hydroxylation is 1. The molecule has 4 N–H and O–H groups in total. The van der Waals surface area contributed by atoms with Crippen LogP contribution in [0.5, 0.6) is 0 Å². The first-order chi connectivity index (χ1) is 20.1. The molecule has 2 aliphatic carbocycles. The van der Waals surface area contributed by atoms with Gasteiger partial charge in [0.05, 0.1) is 5.70 Å². The van der Waals surface area contributed by atoms with Crippen LogP contribution in [0.2, 0.25) is 0 Å². The molecule has 3 fully saturated rings. The lowest BCUT2D eigenvalue weighted by Gasteiger charge is -2.29. The van der Waals surface area contributed by atoms with Crippen LogP contribution < -0.4 is 16.4 Å². The Bertz CT molecular complexity index is 980. The van der Waals surface area contributed by atoms with Crippen molar-refractivity contribution in [3.05, 3.63) is 90.3 Å². The molecular formula is C36H59N5. The average molecular weight is 562 g/mol. The summed E-state index contributed by atoms with van der Waals surface area (Å²) in [5.74, 6) is 2.80. The van der Waals surface area contributed by atoms with Crippen molar-refractivity contribution in [2.45, 2.75) is 91.9 Å². The van der Waals surface area contributed by atoms with Crippen LogP contribution >= 0.6 is 0 Å². The topological polar surface area (TPSA) is 65.7 Å². The Labute approximate surface area is 252 Å². The molecule has 228 valence electrons. The fourth-order valence-electron chi connectivity index (χ4n) is 4.40. The minimum absolute atomic E-state index is 0.690. The second kappa shape index (κ2) is 21.8. The Morgan fingerprint density at radius 2 is 1.39 bits per heavy atom. The van der Waals surface area contributed by atoms with Crippen molar-refractivity contribution in [1.82, 2.24) is 10.2 Å². The molecular weight excluding hydrogens is 502 g/mol. The molecule has 1 saturated heterocycles. The van der Waals surface area contributed by atoms with E-state index in [1.165, 1.54) is 42.4 Å². The van der Waals surface area contributed by atoms with E-state index in [-0.39, 0.29) is 0 Å². The number of amidine groups is 1. The van der Waals surface area contributed by atoms with Crippen LogP contribution in [0.25, 0.3) is 0 Å². The van der Waals surface area contributed by atoms with E-state index in [9.17, 15) is 0 Å². The molecule has 2 saturated carbocycles. The summed E-state index contributed by atoms with van der Waals surface area (Å²) in [6.45, 7) is 23.0. The van der Waals surface area contributed by atoms with Gasteiger partial charge in [0.15, 0.2) is 0 Å². The van der Waals surface area contributed by atoms with Crippen molar-refractivity contribution in [2.24, 2.45) is 10.7 Å². The van der Waals surface area contributed by atoms with Gasteiger partial charge in [0.2, 0.25) is 0 Å². The Balaban J connectivity index is 0.000000434. The zero-order valence-corrected chi connectivity index (χ0v) is 27.0. The number of anilines is 1. The molecule has 5 nitrogen and oxygen atoms in total. The van der Waals surface area contributed by atoms with Crippen LogP contribution in [0.1, 0.15) is 102 Å². The third kappa shape index (κ3) is 14.5. The van der Waals surface area contributed by atoms with Crippen LogP contribution in [0, 0.1) is 6.92 Å². The van der Waals surface area contributed by atoms with Crippen molar-refractivity contribution in [3.63, 3.8) is 0 Å². The number of piperazine rings is 1. The first kappa shape index (κ1) is 36.1. The highest BCUT2D eigenvalue weighted by Crippen LogP contribution is 2.40. The van der Waals surface area contributed by atoms with Crippen LogP contribution in [-0.4, -0.2) is 43.5 Å². The minimum atomic E-state index is 0.690.